The summed E-state index contributed by atoms with van der Waals surface area (Å²) < 4.78 is 5.04. The van der Waals surface area contributed by atoms with Crippen molar-refractivity contribution in [2.45, 2.75) is 50.9 Å². The highest BCUT2D eigenvalue weighted by Gasteiger charge is 2.25. The monoisotopic (exact) mass is 802 g/mol. The van der Waals surface area contributed by atoms with Crippen LogP contribution < -0.4 is 15.3 Å². The number of aromatic nitrogens is 1. The van der Waals surface area contributed by atoms with Crippen LogP contribution in [0.5, 0.6) is 0 Å². The Kier molecular flexibility index (Phi) is 8.96. The molecule has 0 radical (unpaired) electrons. The van der Waals surface area contributed by atoms with Gasteiger partial charge in [0.15, 0.2) is 0 Å². The van der Waals surface area contributed by atoms with Crippen molar-refractivity contribution in [3.63, 3.8) is 0 Å². The summed E-state index contributed by atoms with van der Waals surface area (Å²) in [6, 6.07) is 68.0. The molecule has 0 bridgehead atoms. The number of benzene rings is 8. The minimum Gasteiger partial charge on any atom is -0.309 e. The smallest absolute Gasteiger partial charge is 0.0640 e. The van der Waals surface area contributed by atoms with Gasteiger partial charge in [0.2, 0.25) is 0 Å². The first-order chi connectivity index (χ1) is 30.3. The number of hydrogen-bond acceptors (Lipinski definition) is 2. The molecule has 2 aliphatic rings. The van der Waals surface area contributed by atoms with Crippen molar-refractivity contribution in [1.29, 1.82) is 0 Å². The number of fused-ring (bicyclic) bond motifs is 7. The Bertz CT molecular complexity index is 3420. The quantitative estimate of drug-likeness (QED) is 0.156. The molecule has 0 unspecified atom stereocenters. The summed E-state index contributed by atoms with van der Waals surface area (Å²) in [5.41, 5.74) is 14.0. The van der Waals surface area contributed by atoms with Crippen molar-refractivity contribution in [1.82, 2.24) is 4.57 Å². The molecule has 0 spiro atoms. The van der Waals surface area contributed by atoms with E-state index < -0.39 is 0 Å². The summed E-state index contributed by atoms with van der Waals surface area (Å²) in [5.74, 6) is 0.621. The highest BCUT2D eigenvalue weighted by molar-refractivity contribution is 7.26. The van der Waals surface area contributed by atoms with Crippen LogP contribution in [0.2, 0.25) is 0 Å². The first-order valence-electron chi connectivity index (χ1n) is 22.1. The second kappa shape index (κ2) is 15.1. The fraction of sp³-hybridized carbons (Fsp3) is 0.138. The van der Waals surface area contributed by atoms with Gasteiger partial charge in [-0.2, -0.15) is 0 Å². The fourth-order valence-corrected chi connectivity index (χ4v) is 11.9. The molecular weight excluding hydrogens is 757 g/mol. The number of hydrogen-bond donors (Lipinski definition) is 0. The fourth-order valence-electron chi connectivity index (χ4n) is 10.7. The van der Waals surface area contributed by atoms with E-state index in [1.807, 2.05) is 11.3 Å². The Morgan fingerprint density at radius 3 is 2.16 bits per heavy atom. The standard InChI is InChI=1S/C58H46N2S/c1-3-17-39(18-4-1)45-28-14-19-40-20-15-29-50(57(40)45)47-26-8-11-32-53(47)60(54-33-16-30-51-49-27-9-12-34-56(49)61-58(51)54)44-24-13-21-41(37-44)42-35-36-48-46-25-7-10-31-52(46)59(55(48)38-42)43-22-5-2-6-23-43/h2,5-14,16,19-28,30-39H,1,3-4,15,17-18,29H2. The lowest BCUT2D eigenvalue weighted by molar-refractivity contribution is 0.442. The zero-order valence-electron chi connectivity index (χ0n) is 34.2. The lowest BCUT2D eigenvalue weighted by Crippen LogP contribution is -2.35. The molecule has 294 valence electrons. The van der Waals surface area contributed by atoms with Gasteiger partial charge in [-0.1, -0.05) is 153 Å². The van der Waals surface area contributed by atoms with Gasteiger partial charge in [0, 0.05) is 43.2 Å². The average Bonchev–Trinajstić information content (AvgIpc) is 3.88. The molecule has 3 heteroatoms. The van der Waals surface area contributed by atoms with Crippen molar-refractivity contribution >= 4 is 82.0 Å². The van der Waals surface area contributed by atoms with Crippen LogP contribution >= 0.6 is 11.3 Å². The summed E-state index contributed by atoms with van der Waals surface area (Å²) in [4.78, 5) is 2.57. The SMILES string of the molecule is C1=c2cccc(C3CCCCC3)c2=C(c2ccccc2N(c2cccc(-c3ccc4c5ccccc5n(-c5ccccc5)c4c3)c2)c2cccc3c2sc2ccccc23)CC1. The lowest BCUT2D eigenvalue weighted by atomic mass is 9.80. The maximum absolute atomic E-state index is 2.57. The Hall–Kier alpha value is -6.68. The van der Waals surface area contributed by atoms with E-state index in [2.05, 4.69) is 198 Å². The van der Waals surface area contributed by atoms with E-state index in [0.717, 1.165) is 18.5 Å². The molecule has 2 aromatic heterocycles. The van der Waals surface area contributed by atoms with E-state index in [0.29, 0.717) is 5.92 Å². The van der Waals surface area contributed by atoms with E-state index >= 15 is 0 Å². The molecule has 0 saturated heterocycles. The first-order valence-corrected chi connectivity index (χ1v) is 22.9. The van der Waals surface area contributed by atoms with Crippen LogP contribution in [0.4, 0.5) is 17.1 Å². The van der Waals surface area contributed by atoms with E-state index in [-0.39, 0.29) is 0 Å². The highest BCUT2D eigenvalue weighted by Crippen LogP contribution is 2.47. The molecule has 1 saturated carbocycles. The molecule has 0 aliphatic heterocycles. The molecule has 1 fully saturated rings. The van der Waals surface area contributed by atoms with Gasteiger partial charge in [-0.15, -0.1) is 11.3 Å². The van der Waals surface area contributed by atoms with Crippen LogP contribution in [0.15, 0.2) is 182 Å². The van der Waals surface area contributed by atoms with Gasteiger partial charge in [-0.3, -0.25) is 0 Å². The predicted molar refractivity (Wildman–Crippen MR) is 262 cm³/mol. The van der Waals surface area contributed by atoms with Crippen LogP contribution in [-0.4, -0.2) is 4.57 Å². The molecule has 0 N–H and O–H groups in total. The third kappa shape index (κ3) is 6.13. The van der Waals surface area contributed by atoms with E-state index in [4.69, 9.17) is 0 Å². The lowest BCUT2D eigenvalue weighted by Gasteiger charge is -2.30. The minimum atomic E-state index is 0.621. The van der Waals surface area contributed by atoms with Gasteiger partial charge in [0.05, 0.1) is 27.1 Å². The molecule has 0 atom stereocenters. The van der Waals surface area contributed by atoms with Crippen LogP contribution in [0.1, 0.15) is 62.0 Å². The predicted octanol–water partition coefficient (Wildman–Crippen LogP) is 15.1. The summed E-state index contributed by atoms with van der Waals surface area (Å²) in [6.45, 7) is 0. The van der Waals surface area contributed by atoms with Gasteiger partial charge < -0.3 is 9.47 Å². The number of nitrogens with zero attached hydrogens (tertiary/aromatic N) is 2. The Balaban J connectivity index is 1.09. The van der Waals surface area contributed by atoms with Gasteiger partial charge in [-0.05, 0) is 119 Å². The van der Waals surface area contributed by atoms with E-state index in [9.17, 15) is 0 Å². The third-order valence-electron chi connectivity index (χ3n) is 13.5. The number of thiophene rings is 1. The summed E-state index contributed by atoms with van der Waals surface area (Å²) in [7, 11) is 0. The molecule has 8 aromatic carbocycles. The Labute approximate surface area is 361 Å². The zero-order chi connectivity index (χ0) is 40.3. The highest BCUT2D eigenvalue weighted by atomic mass is 32.1. The number of para-hydroxylation sites is 3. The molecule has 0 amide bonds. The molecule has 2 nitrogen and oxygen atoms in total. The van der Waals surface area contributed by atoms with Crippen molar-refractivity contribution in [2.24, 2.45) is 0 Å². The van der Waals surface area contributed by atoms with Crippen molar-refractivity contribution in [3.05, 3.63) is 204 Å². The van der Waals surface area contributed by atoms with Crippen LogP contribution in [0.25, 0.3) is 70.4 Å². The maximum atomic E-state index is 2.57. The minimum absolute atomic E-state index is 0.621. The first kappa shape index (κ1) is 36.2. The van der Waals surface area contributed by atoms with Crippen molar-refractivity contribution in [3.8, 4) is 16.8 Å². The topological polar surface area (TPSA) is 8.17 Å². The third-order valence-corrected chi connectivity index (χ3v) is 14.7. The van der Waals surface area contributed by atoms with E-state index in [1.165, 1.54) is 124 Å². The normalized spacial score (nSPS) is 14.5. The number of anilines is 3. The van der Waals surface area contributed by atoms with Gasteiger partial charge in [0.25, 0.3) is 0 Å². The average molecular weight is 803 g/mol. The molecule has 2 aliphatic carbocycles. The maximum Gasteiger partial charge on any atom is 0.0640 e. The summed E-state index contributed by atoms with van der Waals surface area (Å²) >= 11 is 1.90. The Morgan fingerprint density at radius 1 is 0.525 bits per heavy atom. The molecular formula is C58H46N2S. The molecule has 2 heterocycles. The second-order valence-electron chi connectivity index (χ2n) is 16.9. The molecule has 12 rings (SSSR count). The summed E-state index contributed by atoms with van der Waals surface area (Å²) in [6.07, 6.45) is 11.2. The molecule has 61 heavy (non-hydrogen) atoms. The van der Waals surface area contributed by atoms with Crippen molar-refractivity contribution < 1.29 is 0 Å². The van der Waals surface area contributed by atoms with Crippen LogP contribution in [-0.2, 0) is 0 Å². The van der Waals surface area contributed by atoms with Gasteiger partial charge >= 0.3 is 0 Å². The van der Waals surface area contributed by atoms with Crippen molar-refractivity contribution in [2.75, 3.05) is 4.90 Å². The summed E-state index contributed by atoms with van der Waals surface area (Å²) in [5, 5.41) is 8.05. The second-order valence-corrected chi connectivity index (χ2v) is 18.0. The molecule has 10 aromatic rings. The van der Waals surface area contributed by atoms with Gasteiger partial charge in [-0.25, -0.2) is 0 Å². The zero-order valence-corrected chi connectivity index (χ0v) is 35.0. The van der Waals surface area contributed by atoms with Crippen LogP contribution in [0, 0.1) is 0 Å². The van der Waals surface area contributed by atoms with Crippen LogP contribution in [0.3, 0.4) is 0 Å². The van der Waals surface area contributed by atoms with E-state index in [1.54, 1.807) is 5.56 Å². The van der Waals surface area contributed by atoms with Gasteiger partial charge in [0.1, 0.15) is 0 Å². The Morgan fingerprint density at radius 2 is 1.25 bits per heavy atom. The largest absolute Gasteiger partial charge is 0.309 e. The number of rotatable bonds is 7.